The van der Waals surface area contributed by atoms with E-state index in [2.05, 4.69) is 16.0 Å². The van der Waals surface area contributed by atoms with Crippen molar-refractivity contribution in [1.29, 1.82) is 0 Å². The first-order valence-corrected chi connectivity index (χ1v) is 23.8. The summed E-state index contributed by atoms with van der Waals surface area (Å²) < 4.78 is 24.5. The van der Waals surface area contributed by atoms with E-state index in [1.54, 1.807) is 32.9 Å². The van der Waals surface area contributed by atoms with Crippen LogP contribution in [0.3, 0.4) is 0 Å². The first kappa shape index (κ1) is 50.8. The van der Waals surface area contributed by atoms with Crippen molar-refractivity contribution in [2.75, 3.05) is 6.61 Å². The minimum Gasteiger partial charge on any atom is -0.492 e. The fraction of sp³-hybridized carbons (Fsp3) is 0.431. The number of carbonyl (C=O) groups excluding carboxylic acids is 5. The summed E-state index contributed by atoms with van der Waals surface area (Å²) in [6.45, 7) is 17.4. The predicted molar refractivity (Wildman–Crippen MR) is 250 cm³/mol. The lowest BCUT2D eigenvalue weighted by Gasteiger charge is -2.48. The highest BCUT2D eigenvalue weighted by Crippen LogP contribution is 2.52. The van der Waals surface area contributed by atoms with Crippen LogP contribution in [0, 0.1) is 0 Å². The van der Waals surface area contributed by atoms with E-state index in [-0.39, 0.29) is 19.4 Å². The summed E-state index contributed by atoms with van der Waals surface area (Å²) in [5.41, 5.74) is 2.59. The molecule has 13 heteroatoms. The Hall–Kier alpha value is -5.79. The Morgan fingerprint density at radius 2 is 1.00 bits per heavy atom. The number of nitrogens with one attached hydrogen (secondary N) is 3. The molecule has 0 aromatic heterocycles. The Balaban J connectivity index is 1.65. The van der Waals surface area contributed by atoms with Gasteiger partial charge in [-0.05, 0) is 62.3 Å². The Morgan fingerprint density at radius 3 is 1.50 bits per heavy atom. The molecule has 3 N–H and O–H groups in total. The zero-order valence-corrected chi connectivity index (χ0v) is 39.9. The first-order chi connectivity index (χ1) is 30.2. The monoisotopic (exact) mass is 893 g/mol. The average molecular weight is 894 g/mol. The molecule has 0 spiro atoms. The number of rotatable bonds is 20. The number of aryl methyl sites for hydroxylation is 1. The van der Waals surface area contributed by atoms with Gasteiger partial charge < -0.3 is 34.3 Å². The van der Waals surface area contributed by atoms with Crippen LogP contribution in [0.2, 0.25) is 10.1 Å². The van der Waals surface area contributed by atoms with E-state index in [0.717, 1.165) is 22.3 Å². The molecule has 0 aliphatic rings. The Kier molecular flexibility index (Phi) is 18.5. The summed E-state index contributed by atoms with van der Waals surface area (Å²) in [6, 6.07) is 33.8. The van der Waals surface area contributed by atoms with Crippen LogP contribution in [0.15, 0.2) is 121 Å². The molecule has 4 aromatic carbocycles. The number of ether oxygens (including phenoxy) is 2. The normalized spacial score (nSPS) is 13.4. The second-order valence-corrected chi connectivity index (χ2v) is 23.7. The van der Waals surface area contributed by atoms with Crippen LogP contribution in [0.5, 0.6) is 0 Å². The molecular weight excluding hydrogens is 827 g/mol. The fourth-order valence-electron chi connectivity index (χ4n) is 7.50. The van der Waals surface area contributed by atoms with Crippen LogP contribution in [0.1, 0.15) is 97.4 Å². The first-order valence-electron chi connectivity index (χ1n) is 21.9. The van der Waals surface area contributed by atoms with Crippen molar-refractivity contribution in [2.24, 2.45) is 0 Å². The summed E-state index contributed by atoms with van der Waals surface area (Å²) in [6.07, 6.45) is -0.307. The van der Waals surface area contributed by atoms with E-state index in [0.29, 0.717) is 19.4 Å². The van der Waals surface area contributed by atoms with Gasteiger partial charge in [0.1, 0.15) is 30.3 Å². The molecule has 0 unspecified atom stereocenters. The third-order valence-electron chi connectivity index (χ3n) is 10.5. The molecule has 0 aliphatic carbocycles. The van der Waals surface area contributed by atoms with E-state index >= 15 is 0 Å². The Labute approximate surface area is 380 Å². The molecule has 4 rings (SSSR count). The van der Waals surface area contributed by atoms with Crippen LogP contribution < -0.4 is 16.0 Å². The van der Waals surface area contributed by atoms with Crippen LogP contribution in [0.4, 0.5) is 4.79 Å². The quantitative estimate of drug-likeness (QED) is 0.0583. The van der Waals surface area contributed by atoms with Crippen molar-refractivity contribution in [3.05, 3.63) is 144 Å². The molecule has 0 aliphatic heterocycles. The minimum atomic E-state index is -3.52. The standard InChI is InChI=1S/C51H67N3O9Si/c1-49(2,3)62-48(59)54-42(35-44(55)60-36-40-28-20-13-21-29-40)46(57)52-41(31-30-37-22-14-10-15-23-37)45(56)53-43(34-39-26-18-12-19-27-39)47(58)63-64(50(4,5)6,51(7,8)9)61-33-32-38-24-16-11-17-25-38/h10-29,41-43H,30-36H2,1-9H3,(H,52,57)(H,53,56)(H,54,59)/t41-,42-,43-/m0/s1. The van der Waals surface area contributed by atoms with Gasteiger partial charge in [-0.15, -0.1) is 0 Å². The maximum absolute atomic E-state index is 14.8. The van der Waals surface area contributed by atoms with Crippen LogP contribution in [0.25, 0.3) is 0 Å². The van der Waals surface area contributed by atoms with Gasteiger partial charge >= 0.3 is 26.6 Å². The van der Waals surface area contributed by atoms with Gasteiger partial charge in [-0.3, -0.25) is 19.2 Å². The van der Waals surface area contributed by atoms with Gasteiger partial charge in [0, 0.05) is 23.1 Å². The molecule has 0 heterocycles. The molecule has 3 amide bonds. The second-order valence-electron chi connectivity index (χ2n) is 19.0. The number of amides is 3. The Bertz CT molecular complexity index is 2090. The largest absolute Gasteiger partial charge is 0.492 e. The van der Waals surface area contributed by atoms with Crippen molar-refractivity contribution in [1.82, 2.24) is 16.0 Å². The van der Waals surface area contributed by atoms with Crippen LogP contribution in [-0.2, 0) is 63.4 Å². The third kappa shape index (κ3) is 16.1. The van der Waals surface area contributed by atoms with Gasteiger partial charge in [0.05, 0.1) is 6.42 Å². The summed E-state index contributed by atoms with van der Waals surface area (Å²) in [4.78, 5) is 69.9. The van der Waals surface area contributed by atoms with Crippen LogP contribution >= 0.6 is 0 Å². The molecule has 3 atom stereocenters. The highest BCUT2D eigenvalue weighted by Gasteiger charge is 2.61. The van der Waals surface area contributed by atoms with E-state index in [9.17, 15) is 24.0 Å². The number of alkyl carbamates (subject to hydrolysis) is 1. The second kappa shape index (κ2) is 23.2. The smallest absolute Gasteiger partial charge is 0.412 e. The molecule has 64 heavy (non-hydrogen) atoms. The van der Waals surface area contributed by atoms with Gasteiger partial charge in [0.2, 0.25) is 11.8 Å². The van der Waals surface area contributed by atoms with Crippen molar-refractivity contribution < 1.29 is 42.3 Å². The zero-order valence-electron chi connectivity index (χ0n) is 38.9. The highest BCUT2D eigenvalue weighted by atomic mass is 28.4. The lowest BCUT2D eigenvalue weighted by atomic mass is 10.0. The lowest BCUT2D eigenvalue weighted by Crippen LogP contribution is -2.61. The van der Waals surface area contributed by atoms with Crippen molar-refractivity contribution in [3.63, 3.8) is 0 Å². The maximum Gasteiger partial charge on any atom is 0.412 e. The van der Waals surface area contributed by atoms with E-state index in [1.807, 2.05) is 151 Å². The van der Waals surface area contributed by atoms with E-state index in [1.165, 1.54) is 0 Å². The average Bonchev–Trinajstić information content (AvgIpc) is 3.23. The molecule has 12 nitrogen and oxygen atoms in total. The number of hydrogen-bond acceptors (Lipinski definition) is 9. The molecule has 4 aromatic rings. The molecule has 344 valence electrons. The molecule has 0 saturated heterocycles. The topological polar surface area (TPSA) is 158 Å². The van der Waals surface area contributed by atoms with Crippen molar-refractivity contribution >= 4 is 38.4 Å². The fourth-order valence-corrected chi connectivity index (χ4v) is 12.1. The summed E-state index contributed by atoms with van der Waals surface area (Å²) in [5, 5.41) is 7.04. The maximum atomic E-state index is 14.8. The third-order valence-corrected chi connectivity index (χ3v) is 15.5. The van der Waals surface area contributed by atoms with Crippen molar-refractivity contribution in [2.45, 2.75) is 135 Å². The molecule has 0 radical (unpaired) electrons. The van der Waals surface area contributed by atoms with Crippen molar-refractivity contribution in [3.8, 4) is 0 Å². The predicted octanol–water partition coefficient (Wildman–Crippen LogP) is 8.70. The van der Waals surface area contributed by atoms with Gasteiger partial charge in [0.15, 0.2) is 0 Å². The van der Waals surface area contributed by atoms with Crippen LogP contribution in [-0.4, -0.2) is 68.7 Å². The number of esters is 1. The van der Waals surface area contributed by atoms with Gasteiger partial charge in [-0.25, -0.2) is 4.79 Å². The van der Waals surface area contributed by atoms with Gasteiger partial charge in [-0.1, -0.05) is 163 Å². The Morgan fingerprint density at radius 1 is 0.547 bits per heavy atom. The molecular formula is C51H67N3O9Si. The van der Waals surface area contributed by atoms with Gasteiger partial charge in [-0.2, -0.15) is 0 Å². The summed E-state index contributed by atoms with van der Waals surface area (Å²) >= 11 is 0. The zero-order chi connectivity index (χ0) is 47.0. The van der Waals surface area contributed by atoms with Gasteiger partial charge in [0.25, 0.3) is 0 Å². The molecule has 0 fully saturated rings. The number of benzene rings is 4. The summed E-state index contributed by atoms with van der Waals surface area (Å²) in [5.74, 6) is -2.90. The van der Waals surface area contributed by atoms with E-state index in [4.69, 9.17) is 18.3 Å². The molecule has 0 saturated carbocycles. The molecule has 0 bridgehead atoms. The minimum absolute atomic E-state index is 0.0475. The SMILES string of the molecule is CC(C)(C)OC(=O)N[C@@H](CC(=O)OCc1ccccc1)C(=O)N[C@@H](CCc1ccccc1)C(=O)N[C@@H](Cc1ccccc1)C(=O)O[Si](OCCc1ccccc1)(C(C)(C)C)C(C)(C)C. The lowest BCUT2D eigenvalue weighted by molar-refractivity contribution is -0.147. The summed E-state index contributed by atoms with van der Waals surface area (Å²) in [7, 11) is -3.52. The highest BCUT2D eigenvalue weighted by molar-refractivity contribution is 6.74. The van der Waals surface area contributed by atoms with E-state index < -0.39 is 78.6 Å². The number of carbonyl (C=O) groups is 5. The number of hydrogen-bond donors (Lipinski definition) is 3.